The van der Waals surface area contributed by atoms with Crippen molar-refractivity contribution in [3.05, 3.63) is 35.9 Å². The summed E-state index contributed by atoms with van der Waals surface area (Å²) in [5.41, 5.74) is 1.16. The van der Waals surface area contributed by atoms with E-state index >= 15 is 0 Å². The van der Waals surface area contributed by atoms with Crippen LogP contribution in [0.3, 0.4) is 0 Å². The van der Waals surface area contributed by atoms with Crippen LogP contribution in [0.2, 0.25) is 0 Å². The Morgan fingerprint density at radius 3 is 2.10 bits per heavy atom. The summed E-state index contributed by atoms with van der Waals surface area (Å²) in [6, 6.07) is 10.0. The maximum Gasteiger partial charge on any atom is 0.164 e. The molecular weight excluding hydrogens is 270 g/mol. The van der Waals surface area contributed by atoms with Gasteiger partial charge in [-0.1, -0.05) is 30.3 Å². The average Bonchev–Trinajstić information content (AvgIpc) is 2.71. The second-order valence-electron chi connectivity index (χ2n) is 6.38. The molecule has 0 bridgehead atoms. The lowest BCUT2D eigenvalue weighted by molar-refractivity contribution is -0.165. The Kier molecular flexibility index (Phi) is 4.03. The molecule has 0 amide bonds. The molecule has 2 aliphatic rings. The number of hydrogen-bond acceptors (Lipinski definition) is 5. The van der Waals surface area contributed by atoms with E-state index in [1.807, 2.05) is 49.1 Å². The molecule has 0 saturated carbocycles. The Balaban J connectivity index is 1.72. The molecule has 2 saturated heterocycles. The standard InChI is InChI=1S/C16H23NO4/c1-16(2)20-14-12(18)9-17(10-13(19)15(14)21-16)8-11-6-4-3-5-7-11/h3-7,12-15,18-19H,8-10H2,1-2H3/t12-,13+,14-,15-/m1/s1. The lowest BCUT2D eigenvalue weighted by Crippen LogP contribution is -2.41. The first-order valence-corrected chi connectivity index (χ1v) is 7.43. The van der Waals surface area contributed by atoms with Gasteiger partial charge >= 0.3 is 0 Å². The Morgan fingerprint density at radius 1 is 1.05 bits per heavy atom. The molecule has 0 radical (unpaired) electrons. The van der Waals surface area contributed by atoms with Crippen LogP contribution in [-0.2, 0) is 16.0 Å². The molecule has 5 heteroatoms. The SMILES string of the molecule is CC1(C)O[C@H]2[C@H](O1)[C@@H](O)CN(Cc1ccccc1)C[C@H]2O. The van der Waals surface area contributed by atoms with Crippen LogP contribution in [0.15, 0.2) is 30.3 Å². The minimum absolute atomic E-state index is 0.465. The molecule has 21 heavy (non-hydrogen) atoms. The van der Waals surface area contributed by atoms with Crippen molar-refractivity contribution in [3.63, 3.8) is 0 Å². The summed E-state index contributed by atoms with van der Waals surface area (Å²) in [5, 5.41) is 20.8. The van der Waals surface area contributed by atoms with Gasteiger partial charge in [-0.2, -0.15) is 0 Å². The van der Waals surface area contributed by atoms with Gasteiger partial charge in [0.05, 0.1) is 12.2 Å². The topological polar surface area (TPSA) is 62.2 Å². The number of aliphatic hydroxyl groups is 2. The van der Waals surface area contributed by atoms with Crippen molar-refractivity contribution in [1.82, 2.24) is 4.90 Å². The van der Waals surface area contributed by atoms with E-state index in [1.54, 1.807) is 0 Å². The third-order valence-electron chi connectivity index (χ3n) is 4.06. The molecule has 0 spiro atoms. The maximum absolute atomic E-state index is 10.4. The number of nitrogens with zero attached hydrogens (tertiary/aromatic N) is 1. The number of β-amino-alcohol motifs (C(OH)–C–C–N with tert-alkyl or cyclic N) is 2. The van der Waals surface area contributed by atoms with Crippen LogP contribution in [0.4, 0.5) is 0 Å². The molecule has 1 aromatic rings. The van der Waals surface area contributed by atoms with Gasteiger partial charge in [-0.15, -0.1) is 0 Å². The predicted octanol–water partition coefficient (Wildman–Crippen LogP) is 0.744. The van der Waals surface area contributed by atoms with E-state index < -0.39 is 30.2 Å². The number of fused-ring (bicyclic) bond motifs is 1. The zero-order valence-electron chi connectivity index (χ0n) is 12.5. The van der Waals surface area contributed by atoms with Gasteiger partial charge in [-0.25, -0.2) is 0 Å². The number of aliphatic hydroxyl groups excluding tert-OH is 2. The van der Waals surface area contributed by atoms with Gasteiger partial charge in [0, 0.05) is 19.6 Å². The maximum atomic E-state index is 10.4. The van der Waals surface area contributed by atoms with Gasteiger partial charge in [0.15, 0.2) is 5.79 Å². The van der Waals surface area contributed by atoms with Crippen LogP contribution >= 0.6 is 0 Å². The molecule has 0 aliphatic carbocycles. The minimum atomic E-state index is -0.751. The van der Waals surface area contributed by atoms with E-state index in [9.17, 15) is 10.2 Å². The van der Waals surface area contributed by atoms with E-state index in [0.29, 0.717) is 19.6 Å². The van der Waals surface area contributed by atoms with Crippen LogP contribution in [0.25, 0.3) is 0 Å². The van der Waals surface area contributed by atoms with Crippen molar-refractivity contribution >= 4 is 0 Å². The highest BCUT2D eigenvalue weighted by atomic mass is 16.8. The Bertz CT molecular complexity index is 456. The van der Waals surface area contributed by atoms with Gasteiger partial charge in [-0.3, -0.25) is 4.90 Å². The van der Waals surface area contributed by atoms with Crippen molar-refractivity contribution in [2.45, 2.75) is 50.6 Å². The summed E-state index contributed by atoms with van der Waals surface area (Å²) in [6.07, 6.45) is -2.29. The van der Waals surface area contributed by atoms with Gasteiger partial charge in [0.2, 0.25) is 0 Å². The highest BCUT2D eigenvalue weighted by Crippen LogP contribution is 2.34. The Morgan fingerprint density at radius 2 is 1.57 bits per heavy atom. The Hall–Kier alpha value is -0.980. The molecule has 1 aromatic carbocycles. The van der Waals surface area contributed by atoms with E-state index in [0.717, 1.165) is 5.56 Å². The lowest BCUT2D eigenvalue weighted by atomic mass is 10.1. The van der Waals surface area contributed by atoms with Crippen LogP contribution in [0.5, 0.6) is 0 Å². The number of likely N-dealkylation sites (tertiary alicyclic amines) is 1. The van der Waals surface area contributed by atoms with E-state index in [1.165, 1.54) is 0 Å². The van der Waals surface area contributed by atoms with Gasteiger partial charge in [0.1, 0.15) is 12.2 Å². The molecule has 0 unspecified atom stereocenters. The van der Waals surface area contributed by atoms with Crippen molar-refractivity contribution in [2.24, 2.45) is 0 Å². The van der Waals surface area contributed by atoms with E-state index in [4.69, 9.17) is 9.47 Å². The molecule has 2 fully saturated rings. The highest BCUT2D eigenvalue weighted by Gasteiger charge is 2.50. The fraction of sp³-hybridized carbons (Fsp3) is 0.625. The zero-order valence-corrected chi connectivity index (χ0v) is 12.5. The second kappa shape index (κ2) is 5.66. The first-order chi connectivity index (χ1) is 9.94. The summed E-state index contributed by atoms with van der Waals surface area (Å²) < 4.78 is 11.5. The zero-order chi connectivity index (χ0) is 15.0. The van der Waals surface area contributed by atoms with Crippen LogP contribution in [0, 0.1) is 0 Å². The number of ether oxygens (including phenoxy) is 2. The van der Waals surface area contributed by atoms with E-state index in [2.05, 4.69) is 0 Å². The van der Waals surface area contributed by atoms with Gasteiger partial charge in [-0.05, 0) is 19.4 Å². The number of hydrogen-bond donors (Lipinski definition) is 2. The summed E-state index contributed by atoms with van der Waals surface area (Å²) in [7, 11) is 0. The van der Waals surface area contributed by atoms with Crippen molar-refractivity contribution in [1.29, 1.82) is 0 Å². The normalized spacial score (nSPS) is 36.2. The fourth-order valence-electron chi connectivity index (χ4n) is 3.19. The first kappa shape index (κ1) is 14.9. The average molecular weight is 293 g/mol. The van der Waals surface area contributed by atoms with Gasteiger partial charge < -0.3 is 19.7 Å². The molecule has 5 nitrogen and oxygen atoms in total. The number of benzene rings is 1. The molecular formula is C16H23NO4. The third-order valence-corrected chi connectivity index (χ3v) is 4.06. The second-order valence-corrected chi connectivity index (χ2v) is 6.38. The van der Waals surface area contributed by atoms with Crippen molar-refractivity contribution in [3.8, 4) is 0 Å². The summed E-state index contributed by atoms with van der Waals surface area (Å²) in [6.45, 7) is 5.24. The van der Waals surface area contributed by atoms with E-state index in [-0.39, 0.29) is 0 Å². The summed E-state index contributed by atoms with van der Waals surface area (Å²) >= 11 is 0. The monoisotopic (exact) mass is 293 g/mol. The molecule has 116 valence electrons. The van der Waals surface area contributed by atoms with Gasteiger partial charge in [0.25, 0.3) is 0 Å². The summed E-state index contributed by atoms with van der Waals surface area (Å²) in [4.78, 5) is 2.04. The predicted molar refractivity (Wildman–Crippen MR) is 77.6 cm³/mol. The Labute approximate surface area is 125 Å². The number of rotatable bonds is 2. The minimum Gasteiger partial charge on any atom is -0.389 e. The summed E-state index contributed by atoms with van der Waals surface area (Å²) in [5.74, 6) is -0.751. The smallest absolute Gasteiger partial charge is 0.164 e. The molecule has 2 heterocycles. The lowest BCUT2D eigenvalue weighted by Gasteiger charge is -2.26. The largest absolute Gasteiger partial charge is 0.389 e. The highest BCUT2D eigenvalue weighted by molar-refractivity contribution is 5.14. The molecule has 2 N–H and O–H groups in total. The van der Waals surface area contributed by atoms with Crippen molar-refractivity contribution in [2.75, 3.05) is 13.1 Å². The third kappa shape index (κ3) is 3.27. The molecule has 2 aliphatic heterocycles. The molecule has 3 rings (SSSR count). The fourth-order valence-corrected chi connectivity index (χ4v) is 3.19. The molecule has 0 aromatic heterocycles. The van der Waals surface area contributed by atoms with Crippen LogP contribution in [-0.4, -0.2) is 58.4 Å². The quantitative estimate of drug-likeness (QED) is 0.842. The van der Waals surface area contributed by atoms with Crippen LogP contribution in [0.1, 0.15) is 19.4 Å². The van der Waals surface area contributed by atoms with Crippen LogP contribution < -0.4 is 0 Å². The first-order valence-electron chi connectivity index (χ1n) is 7.43. The van der Waals surface area contributed by atoms with Crippen molar-refractivity contribution < 1.29 is 19.7 Å². The molecule has 4 atom stereocenters.